The number of aromatic amines is 1. The van der Waals surface area contributed by atoms with Crippen molar-refractivity contribution in [2.24, 2.45) is 0 Å². The number of hydrogen-bond donors (Lipinski definition) is 2. The topological polar surface area (TPSA) is 53.1 Å². The molecule has 0 amide bonds. The van der Waals surface area contributed by atoms with Crippen LogP contribution in [0.1, 0.15) is 5.56 Å². The first-order chi connectivity index (χ1) is 7.33. The minimum atomic E-state index is -0.00649. The van der Waals surface area contributed by atoms with E-state index < -0.39 is 0 Å². The van der Waals surface area contributed by atoms with Gasteiger partial charge in [0.1, 0.15) is 0 Å². The first-order valence-electron chi connectivity index (χ1n) is 4.71. The van der Waals surface area contributed by atoms with Crippen LogP contribution in [0.3, 0.4) is 0 Å². The highest BCUT2D eigenvalue weighted by Crippen LogP contribution is 2.14. The van der Waals surface area contributed by atoms with E-state index in [0.717, 1.165) is 11.1 Å². The van der Waals surface area contributed by atoms with E-state index >= 15 is 0 Å². The molecule has 0 unspecified atom stereocenters. The number of benzene rings is 1. The number of hydrogen-bond acceptors (Lipinski definition) is 2. The first-order valence-corrected chi connectivity index (χ1v) is 4.71. The van der Waals surface area contributed by atoms with Crippen LogP contribution in [-0.4, -0.2) is 16.7 Å². The monoisotopic (exact) mass is 201 g/mol. The summed E-state index contributed by atoms with van der Waals surface area (Å²) in [6.45, 7) is -0.00649. The lowest BCUT2D eigenvalue weighted by Gasteiger charge is -2.00. The molecule has 0 aliphatic heterocycles. The number of H-pyrrole nitrogens is 1. The third kappa shape index (κ3) is 1.82. The maximum Gasteiger partial charge on any atom is 0.189 e. The predicted octanol–water partition coefficient (Wildman–Crippen LogP) is 1.53. The fourth-order valence-electron chi connectivity index (χ4n) is 1.55. The summed E-state index contributed by atoms with van der Waals surface area (Å²) in [4.78, 5) is 14.5. The molecule has 2 N–H and O–H groups in total. The molecule has 0 atom stereocenters. The second kappa shape index (κ2) is 4.11. The molecule has 2 rings (SSSR count). The number of aliphatic hydroxyl groups excluding tert-OH is 1. The third-order valence-electron chi connectivity index (χ3n) is 2.23. The molecular weight excluding hydrogens is 190 g/mol. The molecule has 3 heteroatoms. The Morgan fingerprint density at radius 1 is 1.33 bits per heavy atom. The molecule has 76 valence electrons. The first kappa shape index (κ1) is 9.68. The van der Waals surface area contributed by atoms with Crippen LogP contribution in [0.25, 0.3) is 17.0 Å². The zero-order valence-electron chi connectivity index (χ0n) is 8.10. The van der Waals surface area contributed by atoms with E-state index in [1.54, 1.807) is 24.4 Å². The summed E-state index contributed by atoms with van der Waals surface area (Å²) in [5.41, 5.74) is 1.71. The van der Waals surface area contributed by atoms with Gasteiger partial charge in [-0.15, -0.1) is 0 Å². The minimum absolute atomic E-state index is 0.00278. The van der Waals surface area contributed by atoms with Crippen molar-refractivity contribution in [1.82, 2.24) is 4.98 Å². The largest absolute Gasteiger partial charge is 0.392 e. The van der Waals surface area contributed by atoms with Crippen LogP contribution in [0.5, 0.6) is 0 Å². The summed E-state index contributed by atoms with van der Waals surface area (Å²) < 4.78 is 0. The van der Waals surface area contributed by atoms with Gasteiger partial charge in [0.2, 0.25) is 0 Å². The van der Waals surface area contributed by atoms with Crippen LogP contribution in [-0.2, 0) is 0 Å². The highest BCUT2D eigenvalue weighted by Gasteiger charge is 1.99. The molecule has 0 radical (unpaired) electrons. The molecular formula is C12H11NO2. The summed E-state index contributed by atoms with van der Waals surface area (Å²) >= 11 is 0. The zero-order valence-corrected chi connectivity index (χ0v) is 8.10. The Bertz CT molecular complexity index is 555. The van der Waals surface area contributed by atoms with Crippen molar-refractivity contribution in [3.8, 4) is 0 Å². The van der Waals surface area contributed by atoms with Crippen molar-refractivity contribution in [1.29, 1.82) is 0 Å². The van der Waals surface area contributed by atoms with Gasteiger partial charge in [-0.25, -0.2) is 0 Å². The lowest BCUT2D eigenvalue weighted by Crippen LogP contribution is -2.00. The number of aromatic nitrogens is 1. The molecule has 0 saturated carbocycles. The van der Waals surface area contributed by atoms with Crippen LogP contribution in [0, 0.1) is 0 Å². The Morgan fingerprint density at radius 2 is 2.20 bits per heavy atom. The van der Waals surface area contributed by atoms with E-state index in [4.69, 9.17) is 5.11 Å². The second-order valence-electron chi connectivity index (χ2n) is 3.20. The Balaban J connectivity index is 2.71. The van der Waals surface area contributed by atoms with E-state index in [-0.39, 0.29) is 12.0 Å². The molecule has 0 bridgehead atoms. The van der Waals surface area contributed by atoms with Gasteiger partial charge in [-0.3, -0.25) is 4.79 Å². The van der Waals surface area contributed by atoms with Gasteiger partial charge in [0.05, 0.1) is 12.1 Å². The summed E-state index contributed by atoms with van der Waals surface area (Å²) in [6, 6.07) is 7.01. The Hall–Kier alpha value is -1.87. The van der Waals surface area contributed by atoms with E-state index in [2.05, 4.69) is 4.98 Å². The lowest BCUT2D eigenvalue weighted by atomic mass is 10.1. The van der Waals surface area contributed by atoms with Crippen LogP contribution in [0.2, 0.25) is 0 Å². The number of aliphatic hydroxyl groups is 1. The van der Waals surface area contributed by atoms with Crippen LogP contribution >= 0.6 is 0 Å². The number of pyridine rings is 1. The molecule has 1 aromatic heterocycles. The zero-order chi connectivity index (χ0) is 10.7. The van der Waals surface area contributed by atoms with Gasteiger partial charge >= 0.3 is 0 Å². The molecule has 3 nitrogen and oxygen atoms in total. The summed E-state index contributed by atoms with van der Waals surface area (Å²) in [7, 11) is 0. The average molecular weight is 201 g/mol. The highest BCUT2D eigenvalue weighted by molar-refractivity contribution is 5.86. The van der Waals surface area contributed by atoms with E-state index in [0.29, 0.717) is 5.39 Å². The van der Waals surface area contributed by atoms with Gasteiger partial charge in [-0.05, 0) is 11.6 Å². The van der Waals surface area contributed by atoms with Crippen molar-refractivity contribution >= 4 is 17.0 Å². The average Bonchev–Trinajstić information content (AvgIpc) is 2.27. The smallest absolute Gasteiger partial charge is 0.189 e. The van der Waals surface area contributed by atoms with Gasteiger partial charge < -0.3 is 10.1 Å². The second-order valence-corrected chi connectivity index (χ2v) is 3.20. The van der Waals surface area contributed by atoms with Crippen LogP contribution < -0.4 is 5.43 Å². The van der Waals surface area contributed by atoms with Gasteiger partial charge in [0, 0.05) is 17.6 Å². The Morgan fingerprint density at radius 3 is 3.00 bits per heavy atom. The molecule has 2 aromatic rings. The summed E-state index contributed by atoms with van der Waals surface area (Å²) in [6.07, 6.45) is 5.05. The van der Waals surface area contributed by atoms with E-state index in [1.165, 1.54) is 6.07 Å². The van der Waals surface area contributed by atoms with Gasteiger partial charge in [0.25, 0.3) is 0 Å². The molecule has 0 aliphatic rings. The third-order valence-corrected chi connectivity index (χ3v) is 2.23. The van der Waals surface area contributed by atoms with Crippen molar-refractivity contribution < 1.29 is 5.11 Å². The Labute approximate surface area is 86.7 Å². The minimum Gasteiger partial charge on any atom is -0.392 e. The molecule has 1 aromatic carbocycles. The van der Waals surface area contributed by atoms with Crippen LogP contribution in [0.15, 0.2) is 41.3 Å². The maximum absolute atomic E-state index is 11.5. The lowest BCUT2D eigenvalue weighted by molar-refractivity contribution is 0.343. The predicted molar refractivity (Wildman–Crippen MR) is 60.7 cm³/mol. The van der Waals surface area contributed by atoms with Crippen molar-refractivity contribution in [3.63, 3.8) is 0 Å². The maximum atomic E-state index is 11.5. The molecule has 15 heavy (non-hydrogen) atoms. The molecule has 1 heterocycles. The van der Waals surface area contributed by atoms with Gasteiger partial charge in [-0.1, -0.05) is 24.3 Å². The summed E-state index contributed by atoms with van der Waals surface area (Å²) in [5.74, 6) is 0. The standard InChI is InChI=1S/C12H11NO2/c14-8-2-4-9-3-1-5-10-11(15)6-7-13-12(9)10/h1-7,14H,8H2,(H,13,15). The summed E-state index contributed by atoms with van der Waals surface area (Å²) in [5, 5.41) is 9.36. The number of rotatable bonds is 2. The molecule has 0 saturated heterocycles. The fourth-order valence-corrected chi connectivity index (χ4v) is 1.55. The fraction of sp³-hybridized carbons (Fsp3) is 0.0833. The molecule has 0 fully saturated rings. The normalized spacial score (nSPS) is 11.3. The van der Waals surface area contributed by atoms with Crippen molar-refractivity contribution in [2.75, 3.05) is 6.61 Å². The molecule has 0 spiro atoms. The molecule has 0 aliphatic carbocycles. The Kier molecular flexibility index (Phi) is 2.65. The van der Waals surface area contributed by atoms with E-state index in [1.807, 2.05) is 12.1 Å². The quantitative estimate of drug-likeness (QED) is 0.774. The highest BCUT2D eigenvalue weighted by atomic mass is 16.2. The van der Waals surface area contributed by atoms with Crippen molar-refractivity contribution in [3.05, 3.63) is 52.3 Å². The van der Waals surface area contributed by atoms with Gasteiger partial charge in [-0.2, -0.15) is 0 Å². The van der Waals surface area contributed by atoms with Crippen LogP contribution in [0.4, 0.5) is 0 Å². The van der Waals surface area contributed by atoms with Crippen molar-refractivity contribution in [2.45, 2.75) is 0 Å². The van der Waals surface area contributed by atoms with Gasteiger partial charge in [0.15, 0.2) is 5.43 Å². The number of fused-ring (bicyclic) bond motifs is 1. The number of nitrogens with one attached hydrogen (secondary N) is 1. The SMILES string of the molecule is O=c1cc[nH]c2c(C=CCO)cccc12. The number of para-hydroxylation sites is 1. The van der Waals surface area contributed by atoms with E-state index in [9.17, 15) is 4.79 Å².